The molecule has 0 N–H and O–H groups in total. The van der Waals surface area contributed by atoms with Gasteiger partial charge in [-0.2, -0.15) is 0 Å². The summed E-state index contributed by atoms with van der Waals surface area (Å²) in [5, 5.41) is 0. The van der Waals surface area contributed by atoms with Crippen molar-refractivity contribution < 1.29 is 9.15 Å². The number of anilines is 1. The molecular formula is C13H13NO2. The molecule has 16 heavy (non-hydrogen) atoms. The van der Waals surface area contributed by atoms with Crippen LogP contribution in [0.4, 0.5) is 5.69 Å². The minimum Gasteiger partial charge on any atom is -0.465 e. The molecule has 1 unspecified atom stereocenters. The van der Waals surface area contributed by atoms with Crippen molar-refractivity contribution in [2.45, 2.75) is 6.23 Å². The highest BCUT2D eigenvalue weighted by Gasteiger charge is 2.28. The molecule has 2 heterocycles. The molecule has 2 aromatic rings. The average Bonchev–Trinajstić information content (AvgIpc) is 3.01. The van der Waals surface area contributed by atoms with Gasteiger partial charge in [0.25, 0.3) is 0 Å². The van der Waals surface area contributed by atoms with Gasteiger partial charge in [-0.3, -0.25) is 0 Å². The molecule has 1 aliphatic heterocycles. The molecule has 1 aromatic carbocycles. The molecule has 0 radical (unpaired) electrons. The van der Waals surface area contributed by atoms with Crippen LogP contribution in [0, 0.1) is 0 Å². The number of para-hydroxylation sites is 1. The first-order valence-corrected chi connectivity index (χ1v) is 5.42. The van der Waals surface area contributed by atoms with Gasteiger partial charge in [-0.05, 0) is 24.3 Å². The highest BCUT2D eigenvalue weighted by atomic mass is 16.5. The molecule has 82 valence electrons. The van der Waals surface area contributed by atoms with Gasteiger partial charge in [0.15, 0.2) is 12.0 Å². The third-order valence-corrected chi connectivity index (χ3v) is 2.77. The number of hydrogen-bond donors (Lipinski definition) is 0. The molecule has 1 saturated heterocycles. The Bertz CT molecular complexity index is 438. The van der Waals surface area contributed by atoms with E-state index in [0.717, 1.165) is 18.9 Å². The lowest BCUT2D eigenvalue weighted by Gasteiger charge is -2.23. The van der Waals surface area contributed by atoms with Gasteiger partial charge in [0.1, 0.15) is 0 Å². The first kappa shape index (κ1) is 9.48. The van der Waals surface area contributed by atoms with E-state index in [2.05, 4.69) is 17.0 Å². The molecule has 3 rings (SSSR count). The van der Waals surface area contributed by atoms with E-state index < -0.39 is 0 Å². The largest absolute Gasteiger partial charge is 0.465 e. The number of hydrogen-bond acceptors (Lipinski definition) is 3. The first-order valence-electron chi connectivity index (χ1n) is 5.42. The molecule has 0 saturated carbocycles. The molecule has 0 aliphatic carbocycles. The third-order valence-electron chi connectivity index (χ3n) is 2.77. The first-order chi connectivity index (χ1) is 7.95. The summed E-state index contributed by atoms with van der Waals surface area (Å²) in [6.07, 6.45) is 1.59. The van der Waals surface area contributed by atoms with Crippen molar-refractivity contribution in [3.63, 3.8) is 0 Å². The maximum Gasteiger partial charge on any atom is 0.189 e. The highest BCUT2D eigenvalue weighted by Crippen LogP contribution is 2.31. The molecule has 1 aliphatic rings. The molecule has 0 amide bonds. The van der Waals surface area contributed by atoms with Crippen LogP contribution in [-0.2, 0) is 4.74 Å². The van der Waals surface area contributed by atoms with Gasteiger partial charge in [0.2, 0.25) is 0 Å². The fourth-order valence-corrected chi connectivity index (χ4v) is 2.02. The molecule has 1 aromatic heterocycles. The second kappa shape index (κ2) is 4.02. The van der Waals surface area contributed by atoms with E-state index in [1.807, 2.05) is 30.3 Å². The van der Waals surface area contributed by atoms with Crippen LogP contribution in [0.5, 0.6) is 0 Å². The van der Waals surface area contributed by atoms with Crippen molar-refractivity contribution in [2.24, 2.45) is 0 Å². The Morgan fingerprint density at radius 3 is 2.69 bits per heavy atom. The van der Waals surface area contributed by atoms with E-state index in [1.165, 1.54) is 5.69 Å². The topological polar surface area (TPSA) is 25.6 Å². The van der Waals surface area contributed by atoms with Gasteiger partial charge in [-0.1, -0.05) is 18.2 Å². The quantitative estimate of drug-likeness (QED) is 0.770. The Kier molecular flexibility index (Phi) is 2.38. The number of benzene rings is 1. The molecule has 3 heteroatoms. The Balaban J connectivity index is 1.90. The Morgan fingerprint density at radius 2 is 1.94 bits per heavy atom. The zero-order chi connectivity index (χ0) is 10.8. The van der Waals surface area contributed by atoms with Crippen molar-refractivity contribution in [1.29, 1.82) is 0 Å². The van der Waals surface area contributed by atoms with Crippen molar-refractivity contribution in [1.82, 2.24) is 0 Å². The van der Waals surface area contributed by atoms with Gasteiger partial charge in [0, 0.05) is 12.2 Å². The fourth-order valence-electron chi connectivity index (χ4n) is 2.02. The Labute approximate surface area is 94.2 Å². The predicted molar refractivity (Wildman–Crippen MR) is 61.2 cm³/mol. The predicted octanol–water partition coefficient (Wildman–Crippen LogP) is 2.82. The van der Waals surface area contributed by atoms with Crippen LogP contribution in [-0.4, -0.2) is 13.2 Å². The minimum absolute atomic E-state index is 0.0857. The van der Waals surface area contributed by atoms with E-state index in [4.69, 9.17) is 9.15 Å². The van der Waals surface area contributed by atoms with E-state index in [9.17, 15) is 0 Å². The van der Waals surface area contributed by atoms with Crippen molar-refractivity contribution in [3.05, 3.63) is 54.5 Å². The maximum absolute atomic E-state index is 5.70. The summed E-state index contributed by atoms with van der Waals surface area (Å²) < 4.78 is 11.1. The molecule has 0 spiro atoms. The summed E-state index contributed by atoms with van der Waals surface area (Å²) in [5.41, 5.74) is 1.17. The van der Waals surface area contributed by atoms with Crippen molar-refractivity contribution in [2.75, 3.05) is 18.1 Å². The zero-order valence-electron chi connectivity index (χ0n) is 8.87. The second-order valence-electron chi connectivity index (χ2n) is 3.77. The van der Waals surface area contributed by atoms with Crippen molar-refractivity contribution >= 4 is 5.69 Å². The van der Waals surface area contributed by atoms with E-state index in [1.54, 1.807) is 6.26 Å². The molecular weight excluding hydrogens is 202 g/mol. The summed E-state index contributed by atoms with van der Waals surface area (Å²) in [7, 11) is 0. The molecule has 0 bridgehead atoms. The number of furan rings is 1. The fraction of sp³-hybridized carbons (Fsp3) is 0.231. The monoisotopic (exact) mass is 215 g/mol. The number of nitrogens with zero attached hydrogens (tertiary/aromatic N) is 1. The van der Waals surface area contributed by atoms with Crippen LogP contribution in [0.25, 0.3) is 0 Å². The van der Waals surface area contributed by atoms with Gasteiger partial charge in [-0.15, -0.1) is 0 Å². The van der Waals surface area contributed by atoms with Crippen LogP contribution < -0.4 is 4.90 Å². The van der Waals surface area contributed by atoms with Gasteiger partial charge < -0.3 is 14.1 Å². The lowest BCUT2D eigenvalue weighted by molar-refractivity contribution is 0.0953. The van der Waals surface area contributed by atoms with E-state index >= 15 is 0 Å². The lowest BCUT2D eigenvalue weighted by atomic mass is 10.2. The Morgan fingerprint density at radius 1 is 1.06 bits per heavy atom. The van der Waals surface area contributed by atoms with Crippen LogP contribution >= 0.6 is 0 Å². The highest BCUT2D eigenvalue weighted by molar-refractivity contribution is 5.48. The van der Waals surface area contributed by atoms with Gasteiger partial charge in [-0.25, -0.2) is 0 Å². The SMILES string of the molecule is c1ccc(N2CCOC2c2ccco2)cc1. The van der Waals surface area contributed by atoms with Crippen LogP contribution in [0.15, 0.2) is 53.1 Å². The summed E-state index contributed by atoms with van der Waals surface area (Å²) in [6, 6.07) is 14.1. The maximum atomic E-state index is 5.70. The summed E-state index contributed by atoms with van der Waals surface area (Å²) in [4.78, 5) is 2.21. The molecule has 1 atom stereocenters. The summed E-state index contributed by atoms with van der Waals surface area (Å²) in [6.45, 7) is 1.63. The number of ether oxygens (including phenoxy) is 1. The minimum atomic E-state index is -0.0857. The van der Waals surface area contributed by atoms with Crippen LogP contribution in [0.1, 0.15) is 12.0 Å². The van der Waals surface area contributed by atoms with E-state index in [0.29, 0.717) is 0 Å². The third kappa shape index (κ3) is 1.59. The normalized spacial score (nSPS) is 20.2. The lowest BCUT2D eigenvalue weighted by Crippen LogP contribution is -2.22. The van der Waals surface area contributed by atoms with Gasteiger partial charge in [0.05, 0.1) is 12.9 Å². The smallest absolute Gasteiger partial charge is 0.189 e. The van der Waals surface area contributed by atoms with Crippen LogP contribution in [0.3, 0.4) is 0 Å². The van der Waals surface area contributed by atoms with Crippen LogP contribution in [0.2, 0.25) is 0 Å². The number of rotatable bonds is 2. The standard InChI is InChI=1S/C13H13NO2/c1-2-5-11(6-3-1)14-8-10-16-13(14)12-7-4-9-15-12/h1-7,9,13H,8,10H2. The van der Waals surface area contributed by atoms with Gasteiger partial charge >= 0.3 is 0 Å². The molecule has 3 nitrogen and oxygen atoms in total. The summed E-state index contributed by atoms with van der Waals surface area (Å²) in [5.74, 6) is 0.862. The average molecular weight is 215 g/mol. The Hall–Kier alpha value is -1.74. The zero-order valence-corrected chi connectivity index (χ0v) is 8.87. The van der Waals surface area contributed by atoms with E-state index in [-0.39, 0.29) is 6.23 Å². The summed E-state index contributed by atoms with van der Waals surface area (Å²) >= 11 is 0. The van der Waals surface area contributed by atoms with Crippen molar-refractivity contribution in [3.8, 4) is 0 Å². The second-order valence-corrected chi connectivity index (χ2v) is 3.77. The molecule has 1 fully saturated rings.